The molecule has 1 heterocycles. The summed E-state index contributed by atoms with van der Waals surface area (Å²) in [5.41, 5.74) is 0. The molecule has 1 nitrogen and oxygen atoms in total. The Balaban J connectivity index is 2.31. The van der Waals surface area contributed by atoms with E-state index in [1.807, 2.05) is 5.92 Å². The van der Waals surface area contributed by atoms with Crippen LogP contribution in [0.3, 0.4) is 0 Å². The Bertz CT molecular complexity index is 151. The lowest BCUT2D eigenvalue weighted by Crippen LogP contribution is -2.18. The quantitative estimate of drug-likeness (QED) is 0.501. The predicted octanol–water partition coefficient (Wildman–Crippen LogP) is 1.01. The predicted molar refractivity (Wildman–Crippen MR) is 34.8 cm³/mol. The second kappa shape index (κ2) is 3.52. The van der Waals surface area contributed by atoms with Crippen molar-refractivity contribution >= 4 is 0 Å². The Morgan fingerprint density at radius 1 is 1.50 bits per heavy atom. The normalized spacial score (nSPS) is 24.5. The van der Waals surface area contributed by atoms with Gasteiger partial charge in [0.05, 0.1) is 6.04 Å². The minimum atomic E-state index is -2.48. The molecule has 0 saturated carbocycles. The summed E-state index contributed by atoms with van der Waals surface area (Å²) >= 11 is 0. The van der Waals surface area contributed by atoms with Crippen molar-refractivity contribution in [1.82, 2.24) is 5.32 Å². The average molecular weight is 145 g/mol. The van der Waals surface area contributed by atoms with Gasteiger partial charge in [-0.25, -0.2) is 0 Å². The first kappa shape index (κ1) is 7.49. The first-order chi connectivity index (χ1) is 4.79. The lowest BCUT2D eigenvalue weighted by molar-refractivity contribution is 0.215. The van der Waals surface area contributed by atoms with Crippen molar-refractivity contribution in [2.75, 3.05) is 6.54 Å². The Labute approximate surface area is 58.8 Å². The third-order valence-corrected chi connectivity index (χ3v) is 1.43. The number of alkyl halides is 2. The van der Waals surface area contributed by atoms with E-state index in [2.05, 4.69) is 11.2 Å². The molecule has 0 aromatic rings. The largest absolute Gasteiger partial charge is 0.304 e. The number of halogens is 2. The standard InChI is InChI=1S/C7H9F2N/c8-7(9)4-3-6-2-1-5-10-6/h6-7,10H,1-2,5H2. The van der Waals surface area contributed by atoms with E-state index in [1.54, 1.807) is 0 Å². The van der Waals surface area contributed by atoms with E-state index < -0.39 is 6.43 Å². The molecular weight excluding hydrogens is 136 g/mol. The summed E-state index contributed by atoms with van der Waals surface area (Å²) in [7, 11) is 0. The highest BCUT2D eigenvalue weighted by molar-refractivity contribution is 5.10. The van der Waals surface area contributed by atoms with Crippen LogP contribution in [0.2, 0.25) is 0 Å². The van der Waals surface area contributed by atoms with Crippen molar-refractivity contribution in [2.45, 2.75) is 25.3 Å². The Morgan fingerprint density at radius 3 is 2.80 bits per heavy atom. The molecule has 1 fully saturated rings. The molecule has 1 rings (SSSR count). The van der Waals surface area contributed by atoms with E-state index in [1.165, 1.54) is 0 Å². The van der Waals surface area contributed by atoms with Gasteiger partial charge in [-0.3, -0.25) is 0 Å². The molecule has 10 heavy (non-hydrogen) atoms. The lowest BCUT2D eigenvalue weighted by atomic mass is 10.2. The fourth-order valence-electron chi connectivity index (χ4n) is 0.971. The van der Waals surface area contributed by atoms with Crippen LogP contribution in [0.15, 0.2) is 0 Å². The van der Waals surface area contributed by atoms with Crippen LogP contribution >= 0.6 is 0 Å². The monoisotopic (exact) mass is 145 g/mol. The van der Waals surface area contributed by atoms with Crippen LogP contribution in [0.4, 0.5) is 8.78 Å². The highest BCUT2D eigenvalue weighted by Gasteiger charge is 2.10. The first-order valence-electron chi connectivity index (χ1n) is 3.31. The van der Waals surface area contributed by atoms with Gasteiger partial charge in [-0.05, 0) is 25.3 Å². The maximum Gasteiger partial charge on any atom is 0.298 e. The van der Waals surface area contributed by atoms with Gasteiger partial charge in [-0.1, -0.05) is 5.92 Å². The summed E-state index contributed by atoms with van der Waals surface area (Å²) in [5.74, 6) is 4.31. The maximum atomic E-state index is 11.5. The first-order valence-corrected chi connectivity index (χ1v) is 3.31. The topological polar surface area (TPSA) is 12.0 Å². The Hall–Kier alpha value is -0.620. The molecule has 1 N–H and O–H groups in total. The molecule has 1 aliphatic rings. The van der Waals surface area contributed by atoms with E-state index in [0.717, 1.165) is 19.4 Å². The summed E-state index contributed by atoms with van der Waals surface area (Å²) < 4.78 is 23.0. The van der Waals surface area contributed by atoms with Crippen LogP contribution in [0.5, 0.6) is 0 Å². The summed E-state index contributed by atoms with van der Waals surface area (Å²) in [6.45, 7) is 0.905. The van der Waals surface area contributed by atoms with Crippen molar-refractivity contribution in [3.8, 4) is 11.8 Å². The molecule has 0 bridgehead atoms. The van der Waals surface area contributed by atoms with Crippen molar-refractivity contribution < 1.29 is 8.78 Å². The molecule has 0 aromatic heterocycles. The molecule has 56 valence electrons. The Kier molecular flexibility index (Phi) is 2.64. The summed E-state index contributed by atoms with van der Waals surface area (Å²) in [4.78, 5) is 0. The second-order valence-electron chi connectivity index (χ2n) is 2.24. The van der Waals surface area contributed by atoms with Crippen LogP contribution in [0.1, 0.15) is 12.8 Å². The van der Waals surface area contributed by atoms with Crippen LogP contribution in [0, 0.1) is 11.8 Å². The molecule has 0 spiro atoms. The zero-order chi connectivity index (χ0) is 7.40. The number of rotatable bonds is 0. The van der Waals surface area contributed by atoms with Gasteiger partial charge in [-0.15, -0.1) is 0 Å². The zero-order valence-electron chi connectivity index (χ0n) is 5.53. The minimum Gasteiger partial charge on any atom is -0.304 e. The molecule has 0 amide bonds. The average Bonchev–Trinajstić information content (AvgIpc) is 2.34. The van der Waals surface area contributed by atoms with E-state index in [0.29, 0.717) is 0 Å². The highest BCUT2D eigenvalue weighted by Crippen LogP contribution is 2.03. The molecule has 1 atom stereocenters. The van der Waals surface area contributed by atoms with E-state index in [4.69, 9.17) is 0 Å². The fraction of sp³-hybridized carbons (Fsp3) is 0.714. The van der Waals surface area contributed by atoms with Gasteiger partial charge in [0.2, 0.25) is 0 Å². The van der Waals surface area contributed by atoms with Gasteiger partial charge in [0.1, 0.15) is 0 Å². The minimum absolute atomic E-state index is 0.00833. The van der Waals surface area contributed by atoms with Crippen LogP contribution in [0.25, 0.3) is 0 Å². The van der Waals surface area contributed by atoms with Crippen molar-refractivity contribution in [3.63, 3.8) is 0 Å². The lowest BCUT2D eigenvalue weighted by Gasteiger charge is -1.96. The third kappa shape index (κ3) is 2.32. The van der Waals surface area contributed by atoms with Gasteiger partial charge >= 0.3 is 0 Å². The van der Waals surface area contributed by atoms with E-state index in [-0.39, 0.29) is 6.04 Å². The number of hydrogen-bond donors (Lipinski definition) is 1. The van der Waals surface area contributed by atoms with E-state index >= 15 is 0 Å². The second-order valence-corrected chi connectivity index (χ2v) is 2.24. The van der Waals surface area contributed by atoms with Crippen molar-refractivity contribution in [1.29, 1.82) is 0 Å². The SMILES string of the molecule is FC(F)C#CC1CCCN1. The van der Waals surface area contributed by atoms with Gasteiger partial charge in [0.25, 0.3) is 6.43 Å². The molecular formula is C7H9F2N. The van der Waals surface area contributed by atoms with Crippen molar-refractivity contribution in [2.24, 2.45) is 0 Å². The maximum absolute atomic E-state index is 11.5. The zero-order valence-corrected chi connectivity index (χ0v) is 5.53. The van der Waals surface area contributed by atoms with Crippen LogP contribution in [-0.4, -0.2) is 19.0 Å². The van der Waals surface area contributed by atoms with Crippen LogP contribution in [-0.2, 0) is 0 Å². The molecule has 0 radical (unpaired) electrons. The molecule has 1 saturated heterocycles. The molecule has 0 aliphatic carbocycles. The summed E-state index contributed by atoms with van der Waals surface area (Å²) in [5, 5.41) is 3.00. The molecule has 3 heteroatoms. The van der Waals surface area contributed by atoms with Gasteiger partial charge < -0.3 is 5.32 Å². The summed E-state index contributed by atoms with van der Waals surface area (Å²) in [6.07, 6.45) is -0.537. The molecule has 0 aromatic carbocycles. The van der Waals surface area contributed by atoms with Gasteiger partial charge in [0, 0.05) is 0 Å². The number of hydrogen-bond acceptors (Lipinski definition) is 1. The van der Waals surface area contributed by atoms with Gasteiger partial charge in [-0.2, -0.15) is 8.78 Å². The number of nitrogens with one attached hydrogen (secondary N) is 1. The van der Waals surface area contributed by atoms with Crippen molar-refractivity contribution in [3.05, 3.63) is 0 Å². The smallest absolute Gasteiger partial charge is 0.298 e. The van der Waals surface area contributed by atoms with E-state index in [9.17, 15) is 8.78 Å². The summed E-state index contributed by atoms with van der Waals surface area (Å²) in [6, 6.07) is 0.00833. The highest BCUT2D eigenvalue weighted by atomic mass is 19.3. The fourth-order valence-corrected chi connectivity index (χ4v) is 0.971. The molecule has 1 aliphatic heterocycles. The third-order valence-electron chi connectivity index (χ3n) is 1.43. The van der Waals surface area contributed by atoms with Gasteiger partial charge in [0.15, 0.2) is 0 Å². The molecule has 1 unspecified atom stereocenters. The van der Waals surface area contributed by atoms with Crippen LogP contribution < -0.4 is 5.32 Å². The Morgan fingerprint density at radius 2 is 2.30 bits per heavy atom.